The van der Waals surface area contributed by atoms with Crippen molar-refractivity contribution >= 4 is 21.8 Å². The van der Waals surface area contributed by atoms with Gasteiger partial charge in [0.05, 0.1) is 5.75 Å². The van der Waals surface area contributed by atoms with Gasteiger partial charge in [-0.2, -0.15) is 11.8 Å². The summed E-state index contributed by atoms with van der Waals surface area (Å²) in [5, 5.41) is 3.33. The number of hydrogen-bond donors (Lipinski definition) is 2. The summed E-state index contributed by atoms with van der Waals surface area (Å²) in [5.74, 6) is 2.00. The zero-order valence-corrected chi connectivity index (χ0v) is 14.1. The number of hydrogen-bond acceptors (Lipinski definition) is 4. The Balaban J connectivity index is 1.93. The van der Waals surface area contributed by atoms with E-state index in [0.717, 1.165) is 48.6 Å². The Kier molecular flexibility index (Phi) is 6.54. The van der Waals surface area contributed by atoms with E-state index < -0.39 is 10.0 Å². The third kappa shape index (κ3) is 5.98. The first kappa shape index (κ1) is 16.8. The van der Waals surface area contributed by atoms with Crippen LogP contribution in [0.1, 0.15) is 30.9 Å². The summed E-state index contributed by atoms with van der Waals surface area (Å²) >= 11 is 1.81. The van der Waals surface area contributed by atoms with Crippen molar-refractivity contribution < 1.29 is 8.42 Å². The zero-order valence-electron chi connectivity index (χ0n) is 12.5. The highest BCUT2D eigenvalue weighted by molar-refractivity contribution is 7.99. The predicted molar refractivity (Wildman–Crippen MR) is 89.9 cm³/mol. The molecule has 4 nitrogen and oxygen atoms in total. The Morgan fingerprint density at radius 1 is 1.33 bits per heavy atom. The van der Waals surface area contributed by atoms with Crippen LogP contribution in [0.3, 0.4) is 0 Å². The van der Waals surface area contributed by atoms with Crippen LogP contribution >= 0.6 is 11.8 Å². The molecule has 0 aliphatic carbocycles. The van der Waals surface area contributed by atoms with Gasteiger partial charge in [-0.25, -0.2) is 13.1 Å². The third-order valence-electron chi connectivity index (χ3n) is 3.38. The molecule has 1 aliphatic rings. The number of sulfonamides is 1. The number of benzene rings is 1. The van der Waals surface area contributed by atoms with Crippen molar-refractivity contribution in [1.82, 2.24) is 10.0 Å². The third-order valence-corrected chi connectivity index (χ3v) is 5.95. The second-order valence-corrected chi connectivity index (χ2v) is 8.34. The molecule has 1 saturated heterocycles. The molecular formula is C15H24N2O2S2. The molecule has 1 unspecified atom stereocenters. The van der Waals surface area contributed by atoms with E-state index in [1.165, 1.54) is 0 Å². The summed E-state index contributed by atoms with van der Waals surface area (Å²) in [7, 11) is -3.24. The van der Waals surface area contributed by atoms with Crippen molar-refractivity contribution in [2.45, 2.75) is 38.1 Å². The molecule has 1 fully saturated rings. The summed E-state index contributed by atoms with van der Waals surface area (Å²) in [4.78, 5) is 0. The topological polar surface area (TPSA) is 58.2 Å². The minimum absolute atomic E-state index is 0.0653. The molecule has 2 N–H and O–H groups in total. The summed E-state index contributed by atoms with van der Waals surface area (Å²) in [6.07, 6.45) is 2.03. The fraction of sp³-hybridized carbons (Fsp3) is 0.600. The maximum atomic E-state index is 12.2. The van der Waals surface area contributed by atoms with Crippen molar-refractivity contribution in [3.63, 3.8) is 0 Å². The van der Waals surface area contributed by atoms with Crippen molar-refractivity contribution in [2.75, 3.05) is 18.1 Å². The van der Waals surface area contributed by atoms with Gasteiger partial charge in [0.1, 0.15) is 0 Å². The average Bonchev–Trinajstić information content (AvgIpc) is 2.91. The molecule has 0 amide bonds. The molecule has 118 valence electrons. The van der Waals surface area contributed by atoms with Gasteiger partial charge < -0.3 is 5.32 Å². The molecule has 1 heterocycles. The lowest BCUT2D eigenvalue weighted by molar-refractivity contribution is 0.562. The van der Waals surface area contributed by atoms with Gasteiger partial charge in [-0.3, -0.25) is 0 Å². The SMILES string of the molecule is CCCNCc1cccc(CS(=O)(=O)NC2CCSC2)c1. The van der Waals surface area contributed by atoms with Crippen LogP contribution in [0.2, 0.25) is 0 Å². The molecule has 6 heteroatoms. The van der Waals surface area contributed by atoms with Crippen LogP contribution in [0.15, 0.2) is 24.3 Å². The van der Waals surface area contributed by atoms with Gasteiger partial charge in [-0.1, -0.05) is 31.2 Å². The second kappa shape index (κ2) is 8.17. The van der Waals surface area contributed by atoms with E-state index >= 15 is 0 Å². The quantitative estimate of drug-likeness (QED) is 0.718. The van der Waals surface area contributed by atoms with E-state index in [1.54, 1.807) is 0 Å². The van der Waals surface area contributed by atoms with Gasteiger partial charge in [0.2, 0.25) is 10.0 Å². The van der Waals surface area contributed by atoms with Crippen molar-refractivity contribution in [1.29, 1.82) is 0 Å². The summed E-state index contributed by atoms with van der Waals surface area (Å²) in [5.41, 5.74) is 1.98. The Morgan fingerprint density at radius 3 is 2.86 bits per heavy atom. The van der Waals surface area contributed by atoms with Crippen LogP contribution in [-0.4, -0.2) is 32.5 Å². The second-order valence-electron chi connectivity index (χ2n) is 5.43. The van der Waals surface area contributed by atoms with Crippen LogP contribution in [-0.2, 0) is 22.3 Å². The van der Waals surface area contributed by atoms with E-state index in [0.29, 0.717) is 0 Å². The van der Waals surface area contributed by atoms with Gasteiger partial charge in [-0.15, -0.1) is 0 Å². The van der Waals surface area contributed by atoms with Gasteiger partial charge in [0.25, 0.3) is 0 Å². The van der Waals surface area contributed by atoms with Gasteiger partial charge in [-0.05, 0) is 36.3 Å². The first-order valence-electron chi connectivity index (χ1n) is 7.45. The van der Waals surface area contributed by atoms with Crippen molar-refractivity contribution in [2.24, 2.45) is 0 Å². The van der Waals surface area contributed by atoms with Crippen LogP contribution in [0, 0.1) is 0 Å². The summed E-state index contributed by atoms with van der Waals surface area (Å²) in [6.45, 7) is 3.89. The fourth-order valence-electron chi connectivity index (χ4n) is 2.38. The van der Waals surface area contributed by atoms with Crippen molar-refractivity contribution in [3.8, 4) is 0 Å². The summed E-state index contributed by atoms with van der Waals surface area (Å²) in [6, 6.07) is 7.92. The Bertz CT molecular complexity index is 540. The lowest BCUT2D eigenvalue weighted by atomic mass is 10.1. The van der Waals surface area contributed by atoms with Crippen LogP contribution < -0.4 is 10.0 Å². The molecule has 1 aliphatic heterocycles. The predicted octanol–water partition coefficient (Wildman–Crippen LogP) is 2.11. The zero-order chi connectivity index (χ0) is 15.1. The Hall–Kier alpha value is -0.560. The first-order valence-corrected chi connectivity index (χ1v) is 10.3. The number of nitrogens with one attached hydrogen (secondary N) is 2. The average molecular weight is 329 g/mol. The molecule has 2 rings (SSSR count). The standard InChI is InChI=1S/C15H24N2O2S2/c1-2-7-16-10-13-4-3-5-14(9-13)12-21(18,19)17-15-6-8-20-11-15/h3-5,9,15-17H,2,6-8,10-12H2,1H3. The molecule has 1 aromatic rings. The first-order chi connectivity index (χ1) is 10.1. The maximum absolute atomic E-state index is 12.2. The molecule has 1 atom stereocenters. The van der Waals surface area contributed by atoms with Gasteiger partial charge in [0, 0.05) is 18.3 Å². The fourth-order valence-corrected chi connectivity index (χ4v) is 5.05. The molecule has 0 saturated carbocycles. The maximum Gasteiger partial charge on any atom is 0.216 e. The minimum atomic E-state index is -3.24. The Labute approximate surface area is 132 Å². The molecule has 0 bridgehead atoms. The molecular weight excluding hydrogens is 304 g/mol. The van der Waals surface area contributed by atoms with Gasteiger partial charge in [0.15, 0.2) is 0 Å². The highest BCUT2D eigenvalue weighted by atomic mass is 32.2. The normalized spacial score (nSPS) is 19.0. The molecule has 0 aromatic heterocycles. The smallest absolute Gasteiger partial charge is 0.216 e. The van der Waals surface area contributed by atoms with E-state index in [4.69, 9.17) is 0 Å². The molecule has 0 radical (unpaired) electrons. The molecule has 0 spiro atoms. The van der Waals surface area contributed by atoms with E-state index in [1.807, 2.05) is 36.0 Å². The van der Waals surface area contributed by atoms with E-state index in [9.17, 15) is 8.42 Å². The van der Waals surface area contributed by atoms with Crippen LogP contribution in [0.25, 0.3) is 0 Å². The lowest BCUT2D eigenvalue weighted by Gasteiger charge is -2.12. The summed E-state index contributed by atoms with van der Waals surface area (Å²) < 4.78 is 27.2. The molecule has 21 heavy (non-hydrogen) atoms. The van der Waals surface area contributed by atoms with E-state index in [2.05, 4.69) is 17.0 Å². The largest absolute Gasteiger partial charge is 0.313 e. The number of thioether (sulfide) groups is 1. The van der Waals surface area contributed by atoms with Crippen LogP contribution in [0.4, 0.5) is 0 Å². The number of rotatable bonds is 8. The van der Waals surface area contributed by atoms with Crippen molar-refractivity contribution in [3.05, 3.63) is 35.4 Å². The van der Waals surface area contributed by atoms with Gasteiger partial charge >= 0.3 is 0 Å². The Morgan fingerprint density at radius 2 is 2.14 bits per heavy atom. The van der Waals surface area contributed by atoms with Crippen LogP contribution in [0.5, 0.6) is 0 Å². The minimum Gasteiger partial charge on any atom is -0.313 e. The van der Waals surface area contributed by atoms with E-state index in [-0.39, 0.29) is 11.8 Å². The highest BCUT2D eigenvalue weighted by Gasteiger charge is 2.21. The lowest BCUT2D eigenvalue weighted by Crippen LogP contribution is -2.35. The monoisotopic (exact) mass is 328 g/mol. The highest BCUT2D eigenvalue weighted by Crippen LogP contribution is 2.18. The molecule has 1 aromatic carbocycles.